The van der Waals surface area contributed by atoms with Gasteiger partial charge in [0.2, 0.25) is 5.95 Å². The van der Waals surface area contributed by atoms with Crippen LogP contribution >= 0.6 is 0 Å². The predicted molar refractivity (Wildman–Crippen MR) is 90.2 cm³/mol. The third kappa shape index (κ3) is 5.65. The van der Waals surface area contributed by atoms with Crippen LogP contribution in [0.2, 0.25) is 0 Å². The molecule has 0 aliphatic rings. The Morgan fingerprint density at radius 2 is 2.09 bits per heavy atom. The van der Waals surface area contributed by atoms with Gasteiger partial charge in [0.15, 0.2) is 0 Å². The van der Waals surface area contributed by atoms with Gasteiger partial charge in [0.1, 0.15) is 5.69 Å². The van der Waals surface area contributed by atoms with Crippen molar-refractivity contribution >= 4 is 11.9 Å². The van der Waals surface area contributed by atoms with Crippen LogP contribution in [-0.2, 0) is 6.54 Å². The SMILES string of the molecule is CCCCCNc1nc(C)cc(C(=O)NCc2ccccn2)n1. The molecule has 0 spiro atoms. The summed E-state index contributed by atoms with van der Waals surface area (Å²) in [5.74, 6) is 0.279. The first-order valence-corrected chi connectivity index (χ1v) is 7.96. The molecule has 2 aromatic heterocycles. The van der Waals surface area contributed by atoms with E-state index in [-0.39, 0.29) is 5.91 Å². The second kappa shape index (κ2) is 8.82. The van der Waals surface area contributed by atoms with Gasteiger partial charge in [0.05, 0.1) is 12.2 Å². The van der Waals surface area contributed by atoms with Gasteiger partial charge in [0.25, 0.3) is 5.91 Å². The average molecular weight is 313 g/mol. The van der Waals surface area contributed by atoms with E-state index < -0.39 is 0 Å². The summed E-state index contributed by atoms with van der Waals surface area (Å²) in [5.41, 5.74) is 1.94. The standard InChI is InChI=1S/C17H23N5O/c1-3-4-6-10-19-17-21-13(2)11-15(22-17)16(23)20-12-14-8-5-7-9-18-14/h5,7-9,11H,3-4,6,10,12H2,1-2H3,(H,20,23)(H,19,21,22). The minimum atomic E-state index is -0.224. The lowest BCUT2D eigenvalue weighted by atomic mass is 10.2. The number of aromatic nitrogens is 3. The number of hydrogen-bond acceptors (Lipinski definition) is 5. The number of carbonyl (C=O) groups is 1. The van der Waals surface area contributed by atoms with Crippen LogP contribution in [0.4, 0.5) is 5.95 Å². The summed E-state index contributed by atoms with van der Waals surface area (Å²) in [7, 11) is 0. The molecule has 1 amide bonds. The Hall–Kier alpha value is -2.50. The summed E-state index contributed by atoms with van der Waals surface area (Å²) >= 11 is 0. The van der Waals surface area contributed by atoms with Crippen molar-refractivity contribution in [2.75, 3.05) is 11.9 Å². The number of anilines is 1. The molecule has 0 aromatic carbocycles. The van der Waals surface area contributed by atoms with Gasteiger partial charge in [0, 0.05) is 18.4 Å². The largest absolute Gasteiger partial charge is 0.354 e. The summed E-state index contributed by atoms with van der Waals surface area (Å²) < 4.78 is 0. The molecular formula is C17H23N5O. The summed E-state index contributed by atoms with van der Waals surface area (Å²) in [6.45, 7) is 5.20. The fourth-order valence-electron chi connectivity index (χ4n) is 2.10. The molecule has 0 radical (unpaired) electrons. The van der Waals surface area contributed by atoms with E-state index in [1.54, 1.807) is 12.3 Å². The molecular weight excluding hydrogens is 290 g/mol. The van der Waals surface area contributed by atoms with Gasteiger partial charge in [-0.05, 0) is 31.5 Å². The van der Waals surface area contributed by atoms with Crippen molar-refractivity contribution in [3.63, 3.8) is 0 Å². The fraction of sp³-hybridized carbons (Fsp3) is 0.412. The summed E-state index contributed by atoms with van der Waals surface area (Å²) in [4.78, 5) is 25.0. The van der Waals surface area contributed by atoms with Crippen molar-refractivity contribution in [2.24, 2.45) is 0 Å². The Morgan fingerprint density at radius 1 is 1.22 bits per heavy atom. The highest BCUT2D eigenvalue weighted by atomic mass is 16.1. The van der Waals surface area contributed by atoms with E-state index in [4.69, 9.17) is 0 Å². The molecule has 0 fully saturated rings. The summed E-state index contributed by atoms with van der Waals surface area (Å²) in [6.07, 6.45) is 5.09. The first-order valence-electron chi connectivity index (χ1n) is 7.96. The highest BCUT2D eigenvalue weighted by Crippen LogP contribution is 2.06. The molecule has 6 heteroatoms. The molecule has 0 bridgehead atoms. The lowest BCUT2D eigenvalue weighted by Crippen LogP contribution is -2.25. The van der Waals surface area contributed by atoms with Crippen LogP contribution in [0, 0.1) is 6.92 Å². The van der Waals surface area contributed by atoms with Crippen molar-refractivity contribution in [3.8, 4) is 0 Å². The van der Waals surface area contributed by atoms with Crippen molar-refractivity contribution in [3.05, 3.63) is 47.5 Å². The number of pyridine rings is 1. The molecule has 122 valence electrons. The zero-order valence-electron chi connectivity index (χ0n) is 13.7. The maximum atomic E-state index is 12.2. The third-order valence-electron chi connectivity index (χ3n) is 3.31. The van der Waals surface area contributed by atoms with Crippen molar-refractivity contribution in [1.82, 2.24) is 20.3 Å². The Balaban J connectivity index is 1.95. The topological polar surface area (TPSA) is 79.8 Å². The van der Waals surface area contributed by atoms with E-state index in [1.165, 1.54) is 0 Å². The van der Waals surface area contributed by atoms with E-state index in [0.29, 0.717) is 18.2 Å². The highest BCUT2D eigenvalue weighted by Gasteiger charge is 2.10. The maximum absolute atomic E-state index is 12.2. The van der Waals surface area contributed by atoms with E-state index in [9.17, 15) is 4.79 Å². The maximum Gasteiger partial charge on any atom is 0.270 e. The van der Waals surface area contributed by atoms with Gasteiger partial charge in [-0.25, -0.2) is 9.97 Å². The highest BCUT2D eigenvalue weighted by molar-refractivity contribution is 5.92. The number of carbonyl (C=O) groups excluding carboxylic acids is 1. The van der Waals surface area contributed by atoms with Crippen LogP contribution < -0.4 is 10.6 Å². The van der Waals surface area contributed by atoms with Gasteiger partial charge >= 0.3 is 0 Å². The first kappa shape index (κ1) is 16.9. The van der Waals surface area contributed by atoms with E-state index >= 15 is 0 Å². The second-order valence-corrected chi connectivity index (χ2v) is 5.36. The van der Waals surface area contributed by atoms with Crippen molar-refractivity contribution in [2.45, 2.75) is 39.7 Å². The van der Waals surface area contributed by atoms with Crippen LogP contribution in [0.15, 0.2) is 30.5 Å². The molecule has 2 N–H and O–H groups in total. The van der Waals surface area contributed by atoms with Crippen LogP contribution in [-0.4, -0.2) is 27.4 Å². The zero-order chi connectivity index (χ0) is 16.5. The number of unbranched alkanes of at least 4 members (excludes halogenated alkanes) is 2. The minimum absolute atomic E-state index is 0.224. The summed E-state index contributed by atoms with van der Waals surface area (Å²) in [6, 6.07) is 7.29. The number of aryl methyl sites for hydroxylation is 1. The van der Waals surface area contributed by atoms with E-state index in [0.717, 1.165) is 37.2 Å². The Kier molecular flexibility index (Phi) is 6.47. The van der Waals surface area contributed by atoms with Gasteiger partial charge in [-0.15, -0.1) is 0 Å². The Morgan fingerprint density at radius 3 is 2.83 bits per heavy atom. The zero-order valence-corrected chi connectivity index (χ0v) is 13.7. The quantitative estimate of drug-likeness (QED) is 0.733. The normalized spacial score (nSPS) is 10.3. The predicted octanol–water partition coefficient (Wildman–Crippen LogP) is 2.71. The number of rotatable bonds is 8. The second-order valence-electron chi connectivity index (χ2n) is 5.36. The Labute approximate surface area is 136 Å². The van der Waals surface area contributed by atoms with E-state index in [2.05, 4.69) is 32.5 Å². The third-order valence-corrected chi connectivity index (χ3v) is 3.31. The Bertz CT molecular complexity index is 630. The molecule has 0 unspecified atom stereocenters. The molecule has 0 aliphatic carbocycles. The van der Waals surface area contributed by atoms with Crippen LogP contribution in [0.3, 0.4) is 0 Å². The van der Waals surface area contributed by atoms with Gasteiger partial charge < -0.3 is 10.6 Å². The van der Waals surface area contributed by atoms with Crippen molar-refractivity contribution in [1.29, 1.82) is 0 Å². The molecule has 6 nitrogen and oxygen atoms in total. The molecule has 0 saturated carbocycles. The fourth-order valence-corrected chi connectivity index (χ4v) is 2.10. The van der Waals surface area contributed by atoms with Gasteiger partial charge in [-0.1, -0.05) is 25.8 Å². The number of amides is 1. The number of nitrogens with one attached hydrogen (secondary N) is 2. The summed E-state index contributed by atoms with van der Waals surface area (Å²) in [5, 5.41) is 6.00. The molecule has 0 atom stereocenters. The smallest absolute Gasteiger partial charge is 0.270 e. The molecule has 2 rings (SSSR count). The number of hydrogen-bond donors (Lipinski definition) is 2. The first-order chi connectivity index (χ1) is 11.2. The van der Waals surface area contributed by atoms with Crippen LogP contribution in [0.5, 0.6) is 0 Å². The molecule has 23 heavy (non-hydrogen) atoms. The number of nitrogens with zero attached hydrogens (tertiary/aromatic N) is 3. The van der Waals surface area contributed by atoms with Gasteiger partial charge in [-0.2, -0.15) is 0 Å². The average Bonchev–Trinajstić information content (AvgIpc) is 2.57. The molecule has 2 heterocycles. The monoisotopic (exact) mass is 313 g/mol. The van der Waals surface area contributed by atoms with E-state index in [1.807, 2.05) is 25.1 Å². The molecule has 0 saturated heterocycles. The lowest BCUT2D eigenvalue weighted by Gasteiger charge is -2.08. The molecule has 0 aliphatic heterocycles. The minimum Gasteiger partial charge on any atom is -0.354 e. The molecule has 2 aromatic rings. The van der Waals surface area contributed by atoms with Crippen LogP contribution in [0.1, 0.15) is 48.1 Å². The van der Waals surface area contributed by atoms with Crippen LogP contribution in [0.25, 0.3) is 0 Å². The lowest BCUT2D eigenvalue weighted by molar-refractivity contribution is 0.0945. The van der Waals surface area contributed by atoms with Crippen molar-refractivity contribution < 1.29 is 4.79 Å². The van der Waals surface area contributed by atoms with Gasteiger partial charge in [-0.3, -0.25) is 9.78 Å².